The molecule has 0 bridgehead atoms. The Labute approximate surface area is 117 Å². The lowest BCUT2D eigenvalue weighted by molar-refractivity contribution is 0.410. The first-order valence-corrected chi connectivity index (χ1v) is 6.09. The van der Waals surface area contributed by atoms with Gasteiger partial charge in [0.15, 0.2) is 0 Å². The summed E-state index contributed by atoms with van der Waals surface area (Å²) in [6, 6.07) is 4.12. The molecule has 1 N–H and O–H groups in total. The van der Waals surface area contributed by atoms with Crippen molar-refractivity contribution >= 4 is 5.69 Å². The van der Waals surface area contributed by atoms with Gasteiger partial charge < -0.3 is 5.32 Å². The van der Waals surface area contributed by atoms with Crippen LogP contribution in [0.15, 0.2) is 18.2 Å². The molecule has 1 heterocycles. The molecule has 2 aromatic rings. The zero-order valence-corrected chi connectivity index (χ0v) is 11.0. The van der Waals surface area contributed by atoms with Crippen molar-refractivity contribution in [1.82, 2.24) is 4.98 Å². The molecule has 0 spiro atoms. The summed E-state index contributed by atoms with van der Waals surface area (Å²) in [4.78, 5) is 2.46. The number of nitrogens with one attached hydrogen (secondary N) is 1. The SMILES string of the molecule is Cc1cc(F)ccc1CCNc1c(F)c(F)nc(F)c1F. The van der Waals surface area contributed by atoms with E-state index in [0.29, 0.717) is 12.0 Å². The Morgan fingerprint density at radius 3 is 2.19 bits per heavy atom. The van der Waals surface area contributed by atoms with Crippen LogP contribution in [0.1, 0.15) is 11.1 Å². The number of rotatable bonds is 4. The predicted octanol–water partition coefficient (Wildman–Crippen LogP) is 3.74. The molecule has 0 aliphatic carbocycles. The molecule has 0 saturated carbocycles. The molecular formula is C14H11F5N2. The first-order valence-electron chi connectivity index (χ1n) is 6.09. The standard InChI is InChI=1S/C14H11F5N2/c1-7-6-9(15)3-2-8(7)4-5-20-12-10(16)13(18)21-14(19)11(12)17/h2-3,6H,4-5H2,1H3,(H,20,21). The molecule has 112 valence electrons. The summed E-state index contributed by atoms with van der Waals surface area (Å²) in [6.07, 6.45) is 0.302. The normalized spacial score (nSPS) is 10.8. The van der Waals surface area contributed by atoms with Gasteiger partial charge in [0.2, 0.25) is 11.6 Å². The van der Waals surface area contributed by atoms with E-state index in [1.807, 2.05) is 0 Å². The second kappa shape index (κ2) is 6.07. The average molecular weight is 302 g/mol. The monoisotopic (exact) mass is 302 g/mol. The molecule has 7 heteroatoms. The van der Waals surface area contributed by atoms with Crippen LogP contribution in [0.4, 0.5) is 27.6 Å². The van der Waals surface area contributed by atoms with Gasteiger partial charge in [-0.3, -0.25) is 0 Å². The minimum atomic E-state index is -1.71. The van der Waals surface area contributed by atoms with Gasteiger partial charge in [-0.05, 0) is 36.6 Å². The molecule has 0 saturated heterocycles. The van der Waals surface area contributed by atoms with Crippen LogP contribution in [0, 0.1) is 36.3 Å². The summed E-state index contributed by atoms with van der Waals surface area (Å²) in [6.45, 7) is 1.70. The number of hydrogen-bond acceptors (Lipinski definition) is 2. The molecule has 0 aliphatic rings. The van der Waals surface area contributed by atoms with Gasteiger partial charge in [0.1, 0.15) is 11.5 Å². The Morgan fingerprint density at radius 1 is 1.00 bits per heavy atom. The van der Waals surface area contributed by atoms with E-state index in [9.17, 15) is 22.0 Å². The van der Waals surface area contributed by atoms with E-state index >= 15 is 0 Å². The van der Waals surface area contributed by atoms with E-state index < -0.39 is 29.2 Å². The summed E-state index contributed by atoms with van der Waals surface area (Å²) in [7, 11) is 0. The van der Waals surface area contributed by atoms with Crippen LogP contribution < -0.4 is 5.32 Å². The van der Waals surface area contributed by atoms with Gasteiger partial charge in [0.25, 0.3) is 11.9 Å². The third kappa shape index (κ3) is 3.29. The molecule has 0 unspecified atom stereocenters. The Hall–Kier alpha value is -2.18. The first kappa shape index (κ1) is 15.2. The number of hydrogen-bond donors (Lipinski definition) is 1. The molecule has 0 fully saturated rings. The average Bonchev–Trinajstić information content (AvgIpc) is 2.42. The minimum Gasteiger partial charge on any atom is -0.380 e. The van der Waals surface area contributed by atoms with Crippen LogP contribution in [0.3, 0.4) is 0 Å². The van der Waals surface area contributed by atoms with Crippen molar-refractivity contribution in [3.63, 3.8) is 0 Å². The zero-order valence-electron chi connectivity index (χ0n) is 11.0. The summed E-state index contributed by atoms with van der Waals surface area (Å²) in [5.74, 6) is -6.97. The predicted molar refractivity (Wildman–Crippen MR) is 67.4 cm³/mol. The number of aromatic nitrogens is 1. The molecule has 0 aliphatic heterocycles. The van der Waals surface area contributed by atoms with E-state index in [1.54, 1.807) is 6.92 Å². The molecule has 0 radical (unpaired) electrons. The summed E-state index contributed by atoms with van der Waals surface area (Å²) >= 11 is 0. The van der Waals surface area contributed by atoms with Gasteiger partial charge in [0, 0.05) is 6.54 Å². The topological polar surface area (TPSA) is 24.9 Å². The van der Waals surface area contributed by atoms with Crippen molar-refractivity contribution in [2.75, 3.05) is 11.9 Å². The lowest BCUT2D eigenvalue weighted by Crippen LogP contribution is -2.12. The van der Waals surface area contributed by atoms with Crippen LogP contribution in [0.2, 0.25) is 0 Å². The first-order chi connectivity index (χ1) is 9.90. The quantitative estimate of drug-likeness (QED) is 0.687. The van der Waals surface area contributed by atoms with Crippen molar-refractivity contribution < 1.29 is 22.0 Å². The van der Waals surface area contributed by atoms with E-state index in [0.717, 1.165) is 5.56 Å². The van der Waals surface area contributed by atoms with E-state index in [1.165, 1.54) is 18.2 Å². The Balaban J connectivity index is 2.10. The van der Waals surface area contributed by atoms with Crippen LogP contribution in [0.5, 0.6) is 0 Å². The van der Waals surface area contributed by atoms with Gasteiger partial charge in [-0.15, -0.1) is 0 Å². The van der Waals surface area contributed by atoms with Crippen molar-refractivity contribution in [2.45, 2.75) is 13.3 Å². The van der Waals surface area contributed by atoms with Crippen molar-refractivity contribution in [3.8, 4) is 0 Å². The number of nitrogens with zero attached hydrogens (tertiary/aromatic N) is 1. The highest BCUT2D eigenvalue weighted by atomic mass is 19.2. The third-order valence-electron chi connectivity index (χ3n) is 3.00. The highest BCUT2D eigenvalue weighted by Crippen LogP contribution is 2.22. The zero-order chi connectivity index (χ0) is 15.6. The maximum absolute atomic E-state index is 13.3. The summed E-state index contributed by atoms with van der Waals surface area (Å²) in [5.41, 5.74) is 0.518. The van der Waals surface area contributed by atoms with Gasteiger partial charge >= 0.3 is 0 Å². The molecule has 1 aromatic carbocycles. The number of aryl methyl sites for hydroxylation is 1. The Morgan fingerprint density at radius 2 is 1.62 bits per heavy atom. The number of benzene rings is 1. The van der Waals surface area contributed by atoms with Crippen LogP contribution in [-0.4, -0.2) is 11.5 Å². The van der Waals surface area contributed by atoms with Crippen LogP contribution in [0.25, 0.3) is 0 Å². The molecule has 2 rings (SSSR count). The van der Waals surface area contributed by atoms with E-state index in [-0.39, 0.29) is 12.4 Å². The summed E-state index contributed by atoms with van der Waals surface area (Å²) < 4.78 is 65.4. The number of halogens is 5. The van der Waals surface area contributed by atoms with Crippen LogP contribution >= 0.6 is 0 Å². The fourth-order valence-electron chi connectivity index (χ4n) is 1.90. The lowest BCUT2D eigenvalue weighted by atomic mass is 10.1. The van der Waals surface area contributed by atoms with Crippen LogP contribution in [-0.2, 0) is 6.42 Å². The lowest BCUT2D eigenvalue weighted by Gasteiger charge is -2.10. The molecular weight excluding hydrogens is 291 g/mol. The Kier molecular flexibility index (Phi) is 4.40. The second-order valence-corrected chi connectivity index (χ2v) is 4.44. The second-order valence-electron chi connectivity index (χ2n) is 4.44. The Bertz CT molecular complexity index is 647. The fourth-order valence-corrected chi connectivity index (χ4v) is 1.90. The highest BCUT2D eigenvalue weighted by Gasteiger charge is 2.20. The smallest absolute Gasteiger partial charge is 0.253 e. The highest BCUT2D eigenvalue weighted by molar-refractivity contribution is 5.45. The molecule has 0 amide bonds. The van der Waals surface area contributed by atoms with Gasteiger partial charge in [-0.2, -0.15) is 22.5 Å². The van der Waals surface area contributed by atoms with E-state index in [2.05, 4.69) is 10.3 Å². The van der Waals surface area contributed by atoms with Crippen molar-refractivity contribution in [2.24, 2.45) is 0 Å². The van der Waals surface area contributed by atoms with Crippen molar-refractivity contribution in [3.05, 3.63) is 58.7 Å². The largest absolute Gasteiger partial charge is 0.380 e. The number of pyridine rings is 1. The fraction of sp³-hybridized carbons (Fsp3) is 0.214. The summed E-state index contributed by atoms with van der Waals surface area (Å²) in [5, 5.41) is 2.29. The van der Waals surface area contributed by atoms with E-state index in [4.69, 9.17) is 0 Å². The molecule has 2 nitrogen and oxygen atoms in total. The van der Waals surface area contributed by atoms with Gasteiger partial charge in [-0.25, -0.2) is 4.39 Å². The van der Waals surface area contributed by atoms with Gasteiger partial charge in [-0.1, -0.05) is 6.07 Å². The molecule has 1 aromatic heterocycles. The minimum absolute atomic E-state index is 0.0171. The molecule has 21 heavy (non-hydrogen) atoms. The molecule has 0 atom stereocenters. The van der Waals surface area contributed by atoms with Crippen molar-refractivity contribution in [1.29, 1.82) is 0 Å². The maximum atomic E-state index is 13.3. The maximum Gasteiger partial charge on any atom is 0.253 e. The van der Waals surface area contributed by atoms with Gasteiger partial charge in [0.05, 0.1) is 0 Å². The third-order valence-corrected chi connectivity index (χ3v) is 3.00. The number of anilines is 1.